The number of aromatic nitrogens is 3. The van der Waals surface area contributed by atoms with Gasteiger partial charge in [0, 0.05) is 81.7 Å². The van der Waals surface area contributed by atoms with E-state index in [1.54, 1.807) is 32.2 Å². The summed E-state index contributed by atoms with van der Waals surface area (Å²) in [6, 6.07) is 9.63. The van der Waals surface area contributed by atoms with E-state index in [9.17, 15) is 19.2 Å². The van der Waals surface area contributed by atoms with Gasteiger partial charge in [0.05, 0.1) is 28.5 Å². The van der Waals surface area contributed by atoms with Gasteiger partial charge in [-0.15, -0.1) is 0 Å². The number of aryl methyl sites for hydroxylation is 2. The standard InChI is InChI=1S/C34H33Cl2FN6O5/c1-18(44)42-12-14-43(15-13-42)26-11-8-19-16-25(39-32(48-4)27(19)26)20-6-5-7-21(29(20)35)28-23(37)9-10-24(30(28)36)38-31(45)22-17-40(2)34(47)41(3)33(22)46/h5-7,9-10,16-17,26H,8,11-15H2,1-4H3,(H,38,45)/t26-/m0/s1. The molecular weight excluding hydrogens is 662 g/mol. The minimum absolute atomic E-state index is 0.0444. The summed E-state index contributed by atoms with van der Waals surface area (Å²) in [4.78, 5) is 58.7. The molecule has 1 aliphatic heterocycles. The number of ether oxygens (including phenoxy) is 1. The second kappa shape index (κ2) is 13.2. The maximum Gasteiger partial charge on any atom is 0.330 e. The third-order valence-electron chi connectivity index (χ3n) is 9.10. The number of piperazine rings is 1. The SMILES string of the molecule is COc1nc(-c2cccc(-c3c(F)ccc(NC(=O)c4cn(C)c(=O)n(C)c4=O)c3Cl)c2Cl)cc2c1[C@@H](N1CCN(C(C)=O)CC1)CC2. The van der Waals surface area contributed by atoms with E-state index in [4.69, 9.17) is 32.9 Å². The Morgan fingerprint density at radius 2 is 1.73 bits per heavy atom. The van der Waals surface area contributed by atoms with Gasteiger partial charge in [-0.25, -0.2) is 14.2 Å². The van der Waals surface area contributed by atoms with Gasteiger partial charge in [0.1, 0.15) is 11.4 Å². The topological polar surface area (TPSA) is 119 Å². The van der Waals surface area contributed by atoms with E-state index in [0.717, 1.165) is 58.5 Å². The van der Waals surface area contributed by atoms with Gasteiger partial charge in [0.2, 0.25) is 11.8 Å². The molecule has 2 amide bonds. The number of rotatable bonds is 6. The predicted octanol–water partition coefficient (Wildman–Crippen LogP) is 4.67. The molecule has 48 heavy (non-hydrogen) atoms. The smallest absolute Gasteiger partial charge is 0.330 e. The summed E-state index contributed by atoms with van der Waals surface area (Å²) in [6.07, 6.45) is 2.82. The normalized spacial score (nSPS) is 16.1. The Labute approximate surface area is 285 Å². The monoisotopic (exact) mass is 694 g/mol. The first-order valence-corrected chi connectivity index (χ1v) is 16.1. The molecule has 0 saturated carbocycles. The number of fused-ring (bicyclic) bond motifs is 1. The summed E-state index contributed by atoms with van der Waals surface area (Å²) in [7, 11) is 4.26. The lowest BCUT2D eigenvalue weighted by Crippen LogP contribution is -2.48. The van der Waals surface area contributed by atoms with Crippen LogP contribution in [0.2, 0.25) is 10.0 Å². The van der Waals surface area contributed by atoms with Crippen LogP contribution in [-0.2, 0) is 25.3 Å². The van der Waals surface area contributed by atoms with Gasteiger partial charge in [0.15, 0.2) is 0 Å². The average molecular weight is 696 g/mol. The summed E-state index contributed by atoms with van der Waals surface area (Å²) >= 11 is 13.7. The number of benzene rings is 2. The lowest BCUT2D eigenvalue weighted by atomic mass is 9.98. The van der Waals surface area contributed by atoms with Gasteiger partial charge in [-0.1, -0.05) is 41.4 Å². The first-order chi connectivity index (χ1) is 22.9. The van der Waals surface area contributed by atoms with Crippen molar-refractivity contribution in [3.8, 4) is 28.3 Å². The number of anilines is 1. The lowest BCUT2D eigenvalue weighted by Gasteiger charge is -2.38. The van der Waals surface area contributed by atoms with E-state index < -0.39 is 23.0 Å². The molecule has 0 radical (unpaired) electrons. The molecule has 4 aromatic rings. The molecule has 0 bridgehead atoms. The molecule has 1 fully saturated rings. The number of carbonyl (C=O) groups is 2. The number of amides is 2. The van der Waals surface area contributed by atoms with Gasteiger partial charge in [-0.3, -0.25) is 23.9 Å². The third-order valence-corrected chi connectivity index (χ3v) is 9.90. The molecule has 6 rings (SSSR count). The van der Waals surface area contributed by atoms with Crippen molar-refractivity contribution in [1.82, 2.24) is 23.9 Å². The van der Waals surface area contributed by atoms with E-state index in [0.29, 0.717) is 30.2 Å². The number of carbonyl (C=O) groups excluding carboxylic acids is 2. The van der Waals surface area contributed by atoms with E-state index >= 15 is 4.39 Å². The molecule has 3 heterocycles. The first-order valence-electron chi connectivity index (χ1n) is 15.3. The molecule has 1 aliphatic carbocycles. The van der Waals surface area contributed by atoms with Gasteiger partial charge < -0.3 is 19.5 Å². The highest BCUT2D eigenvalue weighted by atomic mass is 35.5. The van der Waals surface area contributed by atoms with Crippen molar-refractivity contribution in [3.05, 3.63) is 96.0 Å². The van der Waals surface area contributed by atoms with Crippen molar-refractivity contribution in [2.24, 2.45) is 14.1 Å². The molecule has 2 aromatic heterocycles. The molecule has 1 N–H and O–H groups in total. The Morgan fingerprint density at radius 1 is 1.02 bits per heavy atom. The molecule has 0 unspecified atom stereocenters. The number of hydrogen-bond acceptors (Lipinski definition) is 7. The van der Waals surface area contributed by atoms with E-state index in [2.05, 4.69) is 10.2 Å². The molecule has 2 aromatic carbocycles. The van der Waals surface area contributed by atoms with Gasteiger partial charge in [-0.2, -0.15) is 0 Å². The number of hydrogen-bond donors (Lipinski definition) is 1. The van der Waals surface area contributed by atoms with Crippen LogP contribution in [0.3, 0.4) is 0 Å². The number of nitrogens with zero attached hydrogens (tertiary/aromatic N) is 5. The molecule has 1 atom stereocenters. The highest BCUT2D eigenvalue weighted by Gasteiger charge is 2.35. The van der Waals surface area contributed by atoms with Crippen molar-refractivity contribution in [1.29, 1.82) is 0 Å². The van der Waals surface area contributed by atoms with Gasteiger partial charge in [0.25, 0.3) is 11.5 Å². The Morgan fingerprint density at radius 3 is 2.42 bits per heavy atom. The van der Waals surface area contributed by atoms with Crippen molar-refractivity contribution in [2.75, 3.05) is 38.6 Å². The zero-order valence-corrected chi connectivity index (χ0v) is 28.3. The van der Waals surface area contributed by atoms with Crippen LogP contribution in [0.15, 0.2) is 52.2 Å². The fourth-order valence-electron chi connectivity index (χ4n) is 6.56. The predicted molar refractivity (Wildman–Crippen MR) is 181 cm³/mol. The van der Waals surface area contributed by atoms with Crippen molar-refractivity contribution in [2.45, 2.75) is 25.8 Å². The number of nitrogens with one attached hydrogen (secondary N) is 1. The van der Waals surface area contributed by atoms with Crippen molar-refractivity contribution in [3.63, 3.8) is 0 Å². The van der Waals surface area contributed by atoms with Crippen LogP contribution in [0.4, 0.5) is 10.1 Å². The van der Waals surface area contributed by atoms with E-state index in [1.165, 1.54) is 20.2 Å². The molecular formula is C34H33Cl2FN6O5. The summed E-state index contributed by atoms with van der Waals surface area (Å²) in [5.41, 5.74) is 1.78. The molecule has 14 heteroatoms. The summed E-state index contributed by atoms with van der Waals surface area (Å²) < 4.78 is 23.2. The third kappa shape index (κ3) is 5.88. The van der Waals surface area contributed by atoms with Gasteiger partial charge in [-0.05, 0) is 36.6 Å². The summed E-state index contributed by atoms with van der Waals surface area (Å²) in [5, 5.41) is 2.63. The highest BCUT2D eigenvalue weighted by molar-refractivity contribution is 6.39. The maximum atomic E-state index is 15.5. The molecule has 250 valence electrons. The number of methoxy groups -OCH3 is 1. The fourth-order valence-corrected chi connectivity index (χ4v) is 7.18. The van der Waals surface area contributed by atoms with Crippen LogP contribution in [0.5, 0.6) is 5.88 Å². The largest absolute Gasteiger partial charge is 0.481 e. The summed E-state index contributed by atoms with van der Waals surface area (Å²) in [5.74, 6) is -0.935. The van der Waals surface area contributed by atoms with Crippen molar-refractivity contribution < 1.29 is 18.7 Å². The zero-order valence-electron chi connectivity index (χ0n) is 26.8. The first kappa shape index (κ1) is 33.4. The number of pyridine rings is 1. The van der Waals surface area contributed by atoms with Gasteiger partial charge >= 0.3 is 5.69 Å². The Kier molecular flexibility index (Phi) is 9.16. The molecule has 0 spiro atoms. The highest BCUT2D eigenvalue weighted by Crippen LogP contribution is 2.46. The quantitative estimate of drug-likeness (QED) is 0.312. The Hall–Kier alpha value is -4.52. The van der Waals surface area contributed by atoms with E-state index in [-0.39, 0.29) is 44.4 Å². The second-order valence-electron chi connectivity index (χ2n) is 11.9. The molecule has 1 saturated heterocycles. The maximum absolute atomic E-state index is 15.5. The Balaban J connectivity index is 1.33. The average Bonchev–Trinajstić information content (AvgIpc) is 3.51. The van der Waals surface area contributed by atoms with Crippen LogP contribution in [-0.4, -0.2) is 69.0 Å². The van der Waals surface area contributed by atoms with Crippen LogP contribution in [0.1, 0.15) is 40.9 Å². The Bertz CT molecular complexity index is 2090. The molecule has 2 aliphatic rings. The zero-order chi connectivity index (χ0) is 34.4. The summed E-state index contributed by atoms with van der Waals surface area (Å²) in [6.45, 7) is 4.46. The lowest BCUT2D eigenvalue weighted by molar-refractivity contribution is -0.130. The second-order valence-corrected chi connectivity index (χ2v) is 12.6. The van der Waals surface area contributed by atoms with Crippen LogP contribution in [0, 0.1) is 5.82 Å². The van der Waals surface area contributed by atoms with E-state index in [1.807, 2.05) is 11.0 Å². The fraction of sp³-hybridized carbons (Fsp3) is 0.324. The van der Waals surface area contributed by atoms with Crippen molar-refractivity contribution >= 4 is 40.7 Å². The van der Waals surface area contributed by atoms with Crippen LogP contribution in [0.25, 0.3) is 22.4 Å². The van der Waals surface area contributed by atoms with Crippen LogP contribution >= 0.6 is 23.2 Å². The minimum Gasteiger partial charge on any atom is -0.481 e. The number of halogens is 3. The van der Waals surface area contributed by atoms with Crippen LogP contribution < -0.4 is 21.3 Å². The minimum atomic E-state index is -0.820. The molecule has 11 nitrogen and oxygen atoms in total.